The predicted octanol–water partition coefficient (Wildman–Crippen LogP) is 0.303. The predicted molar refractivity (Wildman–Crippen MR) is 271 cm³/mol. The van der Waals surface area contributed by atoms with Crippen molar-refractivity contribution in [3.8, 4) is 0 Å². The number of carbonyl (C=O) groups is 9. The van der Waals surface area contributed by atoms with Crippen LogP contribution in [0.5, 0.6) is 0 Å². The van der Waals surface area contributed by atoms with Crippen LogP contribution in [-0.2, 0) is 57.3 Å². The zero-order valence-corrected chi connectivity index (χ0v) is 43.8. The minimum absolute atomic E-state index is 0.0833. The molecular formula is C48H86N10O13S. The van der Waals surface area contributed by atoms with Gasteiger partial charge in [-0.25, -0.2) is 4.79 Å². The van der Waals surface area contributed by atoms with Crippen LogP contribution in [-0.4, -0.2) is 167 Å². The summed E-state index contributed by atoms with van der Waals surface area (Å²) in [5.41, 5.74) is 9.76. The number of amides is 10. The van der Waals surface area contributed by atoms with E-state index in [1.165, 1.54) is 0 Å². The Morgan fingerprint density at radius 1 is 0.583 bits per heavy atom. The number of hydrogen-bond donors (Lipinski definition) is 10. The molecule has 12 N–H and O–H groups in total. The number of fused-ring (bicyclic) bond motifs is 1. The second-order valence-electron chi connectivity index (χ2n) is 18.7. The number of ether oxygens (including phenoxy) is 4. The van der Waals surface area contributed by atoms with Crippen LogP contribution in [0.25, 0.3) is 0 Å². The van der Waals surface area contributed by atoms with Gasteiger partial charge in [-0.2, -0.15) is 11.8 Å². The fourth-order valence-electron chi connectivity index (χ4n) is 7.93. The van der Waals surface area contributed by atoms with Crippen LogP contribution < -0.4 is 54.0 Å². The maximum atomic E-state index is 13.2. The first-order chi connectivity index (χ1) is 34.5. The number of rotatable bonds is 44. The van der Waals surface area contributed by atoms with Gasteiger partial charge in [-0.05, 0) is 78.1 Å². The summed E-state index contributed by atoms with van der Waals surface area (Å²) < 4.78 is 21.4. The van der Waals surface area contributed by atoms with E-state index in [9.17, 15) is 43.2 Å². The van der Waals surface area contributed by atoms with E-state index in [1.807, 2.05) is 11.8 Å². The first-order valence-corrected chi connectivity index (χ1v) is 26.7. The third-order valence-electron chi connectivity index (χ3n) is 12.6. The summed E-state index contributed by atoms with van der Waals surface area (Å²) in [5, 5.41) is 23.2. The number of nitrogens with two attached hydrogens (primary N) is 2. The van der Waals surface area contributed by atoms with Crippen molar-refractivity contribution in [2.75, 3.05) is 91.3 Å². The van der Waals surface area contributed by atoms with E-state index in [1.54, 1.807) is 6.92 Å². The van der Waals surface area contributed by atoms with E-state index in [0.717, 1.165) is 37.9 Å². The number of nitrogens with one attached hydrogen (secondary N) is 8. The first-order valence-electron chi connectivity index (χ1n) is 25.7. The standard InChI is InChI=1S/C48H86N10O13S/c1-35(44(50)65)14-8-11-23-55-45(66)36(56-41(62)18-7-6-16-37-48(3)47(2,34-72-37)57-46(67)58-48)15-9-12-22-51-39(60)19-13-20-40(61)53-24-26-68-28-31-71-33-43(64)54-25-27-69-29-30-70-32-42(63)52-21-10-4-5-17-38(49)59/h35-37H,4-34H2,1-3H3,(H2,49,59)(H2,50,65)(H,51,60)(H,52,63)(H,53,61)(H,54,64)(H,55,66)(H,56,62)(H2,57,58,67)/t35-,36-,37-,47-,48+/m0/s1. The smallest absolute Gasteiger partial charge is 0.315 e. The van der Waals surface area contributed by atoms with Crippen LogP contribution in [0, 0.1) is 5.92 Å². The number of unbranched alkanes of at least 4 members (excludes halogenated alkanes) is 5. The molecule has 0 unspecified atom stereocenters. The normalized spacial score (nSPS) is 18.7. The van der Waals surface area contributed by atoms with Crippen molar-refractivity contribution < 1.29 is 62.1 Å². The van der Waals surface area contributed by atoms with Crippen LogP contribution in [0.3, 0.4) is 0 Å². The quantitative estimate of drug-likeness (QED) is 0.0290. The van der Waals surface area contributed by atoms with Crippen molar-refractivity contribution in [1.29, 1.82) is 0 Å². The summed E-state index contributed by atoms with van der Waals surface area (Å²) in [6.07, 6.45) is 9.41. The lowest BCUT2D eigenvalue weighted by molar-refractivity contribution is -0.129. The summed E-state index contributed by atoms with van der Waals surface area (Å²) >= 11 is 1.83. The average molecular weight is 1040 g/mol. The van der Waals surface area contributed by atoms with E-state index in [4.69, 9.17) is 30.4 Å². The third-order valence-corrected chi connectivity index (χ3v) is 14.4. The fourth-order valence-corrected chi connectivity index (χ4v) is 9.82. The Balaban J connectivity index is 1.49. The molecule has 2 aliphatic heterocycles. The number of carbonyl (C=O) groups excluding carboxylic acids is 9. The van der Waals surface area contributed by atoms with Gasteiger partial charge in [-0.1, -0.05) is 26.2 Å². The van der Waals surface area contributed by atoms with Gasteiger partial charge in [-0.3, -0.25) is 38.4 Å². The van der Waals surface area contributed by atoms with Crippen LogP contribution in [0.4, 0.5) is 4.79 Å². The minimum atomic E-state index is -0.741. The molecule has 0 aromatic heterocycles. The highest BCUT2D eigenvalue weighted by Crippen LogP contribution is 2.47. The Morgan fingerprint density at radius 2 is 1.10 bits per heavy atom. The van der Waals surface area contributed by atoms with Crippen molar-refractivity contribution in [2.45, 2.75) is 152 Å². The molecule has 2 saturated heterocycles. The molecule has 0 saturated carbocycles. The van der Waals surface area contributed by atoms with Crippen LogP contribution in [0.15, 0.2) is 0 Å². The number of thioether (sulfide) groups is 1. The molecule has 0 spiro atoms. The Hall–Kier alpha value is -4.78. The lowest BCUT2D eigenvalue weighted by Crippen LogP contribution is -2.58. The molecule has 24 heteroatoms. The van der Waals surface area contributed by atoms with Gasteiger partial charge in [0.2, 0.25) is 47.3 Å². The van der Waals surface area contributed by atoms with E-state index in [2.05, 4.69) is 56.4 Å². The highest BCUT2D eigenvalue weighted by atomic mass is 32.2. The van der Waals surface area contributed by atoms with Gasteiger partial charge in [0, 0.05) is 75.3 Å². The van der Waals surface area contributed by atoms with E-state index in [0.29, 0.717) is 77.4 Å². The molecule has 2 rings (SSSR count). The van der Waals surface area contributed by atoms with Crippen molar-refractivity contribution >= 4 is 65.1 Å². The highest BCUT2D eigenvalue weighted by molar-refractivity contribution is 8.00. The second-order valence-corrected chi connectivity index (χ2v) is 19.9. The molecular weight excluding hydrogens is 957 g/mol. The van der Waals surface area contributed by atoms with Crippen molar-refractivity contribution in [3.05, 3.63) is 0 Å². The molecule has 5 atom stereocenters. The van der Waals surface area contributed by atoms with Gasteiger partial charge in [-0.15, -0.1) is 0 Å². The van der Waals surface area contributed by atoms with Crippen molar-refractivity contribution in [3.63, 3.8) is 0 Å². The number of primary amides is 2. The molecule has 0 aliphatic carbocycles. The molecule has 0 aromatic carbocycles. The van der Waals surface area contributed by atoms with Gasteiger partial charge in [0.1, 0.15) is 19.3 Å². The molecule has 72 heavy (non-hydrogen) atoms. The van der Waals surface area contributed by atoms with Gasteiger partial charge in [0.15, 0.2) is 0 Å². The van der Waals surface area contributed by atoms with E-state index in [-0.39, 0.29) is 161 Å². The zero-order valence-electron chi connectivity index (χ0n) is 43.0. The SMILES string of the molecule is C[C@@H](CCCCNC(=O)[C@H](CCCCNC(=O)CCCC(=O)NCCOCCOCC(=O)NCCOCCOCC(=O)NCCCCCC(N)=O)NC(=O)CCCC[C@@H]1SC[C@]2(C)NC(=O)N[C@]12C)C(N)=O. The van der Waals surface area contributed by atoms with E-state index >= 15 is 0 Å². The number of hydrogen-bond acceptors (Lipinski definition) is 14. The fraction of sp³-hybridized carbons (Fsp3) is 0.812. The summed E-state index contributed by atoms with van der Waals surface area (Å²) in [4.78, 5) is 109. The van der Waals surface area contributed by atoms with Crippen LogP contribution in [0.2, 0.25) is 0 Å². The summed E-state index contributed by atoms with van der Waals surface area (Å²) in [7, 11) is 0. The molecule has 0 radical (unpaired) electrons. The molecule has 0 aromatic rings. The van der Waals surface area contributed by atoms with Gasteiger partial charge >= 0.3 is 6.03 Å². The third kappa shape index (κ3) is 27.9. The zero-order chi connectivity index (χ0) is 53.0. The monoisotopic (exact) mass is 1040 g/mol. The number of urea groups is 1. The lowest BCUT2D eigenvalue weighted by Gasteiger charge is -2.35. The van der Waals surface area contributed by atoms with Crippen molar-refractivity contribution in [1.82, 2.24) is 42.5 Å². The van der Waals surface area contributed by atoms with Crippen LogP contribution >= 0.6 is 11.8 Å². The second kappa shape index (κ2) is 37.0. The molecule has 2 aliphatic rings. The molecule has 10 amide bonds. The average Bonchev–Trinajstić information content (AvgIpc) is 3.70. The molecule has 2 fully saturated rings. The Morgan fingerprint density at radius 3 is 1.71 bits per heavy atom. The summed E-state index contributed by atoms with van der Waals surface area (Å²) in [5.74, 6) is -1.54. The maximum absolute atomic E-state index is 13.2. The Labute approximate surface area is 429 Å². The molecule has 2 heterocycles. The molecule has 23 nitrogen and oxygen atoms in total. The molecule has 0 bridgehead atoms. The minimum Gasteiger partial charge on any atom is -0.377 e. The van der Waals surface area contributed by atoms with Crippen molar-refractivity contribution in [2.24, 2.45) is 17.4 Å². The Bertz CT molecular complexity index is 1700. The summed E-state index contributed by atoms with van der Waals surface area (Å²) in [6, 6.07) is -0.890. The Kier molecular flexibility index (Phi) is 32.6. The maximum Gasteiger partial charge on any atom is 0.315 e. The lowest BCUT2D eigenvalue weighted by atomic mass is 9.79. The first kappa shape index (κ1) is 63.3. The van der Waals surface area contributed by atoms with Gasteiger partial charge in [0.05, 0.1) is 50.7 Å². The van der Waals surface area contributed by atoms with Gasteiger partial charge in [0.25, 0.3) is 0 Å². The highest BCUT2D eigenvalue weighted by Gasteiger charge is 2.60. The van der Waals surface area contributed by atoms with Gasteiger partial charge < -0.3 is 72.9 Å². The summed E-state index contributed by atoms with van der Waals surface area (Å²) in [6.45, 7) is 8.93. The largest absolute Gasteiger partial charge is 0.377 e. The topological polar surface area (TPSA) is 339 Å². The van der Waals surface area contributed by atoms with E-state index < -0.39 is 6.04 Å². The molecule has 412 valence electrons. The van der Waals surface area contributed by atoms with Crippen LogP contribution in [0.1, 0.15) is 130 Å².